The predicted octanol–water partition coefficient (Wildman–Crippen LogP) is 4.71. The van der Waals surface area contributed by atoms with Crippen molar-refractivity contribution < 1.29 is 22.4 Å². The molecule has 32 heavy (non-hydrogen) atoms. The molecule has 2 heterocycles. The molecule has 5 nitrogen and oxygen atoms in total. The summed E-state index contributed by atoms with van der Waals surface area (Å²) < 4.78 is 54.1. The molecule has 1 saturated heterocycles. The third-order valence-corrected chi connectivity index (χ3v) is 5.97. The summed E-state index contributed by atoms with van der Waals surface area (Å²) >= 11 is 1.37. The smallest absolute Gasteiger partial charge is 0.368 e. The molecule has 1 aromatic heterocycles. The van der Waals surface area contributed by atoms with Gasteiger partial charge in [-0.05, 0) is 48.7 Å². The van der Waals surface area contributed by atoms with E-state index in [4.69, 9.17) is 0 Å². The first-order valence-corrected chi connectivity index (χ1v) is 11.1. The van der Waals surface area contributed by atoms with Crippen LogP contribution in [0.5, 0.6) is 0 Å². The summed E-state index contributed by atoms with van der Waals surface area (Å²) in [6, 6.07) is 11.0. The lowest BCUT2D eigenvalue weighted by Crippen LogP contribution is -2.49. The largest absolute Gasteiger partial charge is 0.416 e. The fraction of sp³-hybridized carbons (Fsp3) is 0.273. The lowest BCUT2D eigenvalue weighted by atomic mass is 10.1. The number of rotatable bonds is 4. The number of aromatic nitrogens is 2. The van der Waals surface area contributed by atoms with Crippen LogP contribution in [-0.4, -0.2) is 52.8 Å². The van der Waals surface area contributed by atoms with E-state index in [0.29, 0.717) is 48.4 Å². The van der Waals surface area contributed by atoms with Crippen LogP contribution < -0.4 is 4.90 Å². The van der Waals surface area contributed by atoms with E-state index in [0.717, 1.165) is 12.1 Å². The van der Waals surface area contributed by atoms with Gasteiger partial charge in [0.1, 0.15) is 11.5 Å². The van der Waals surface area contributed by atoms with E-state index in [1.165, 1.54) is 36.2 Å². The second-order valence-corrected chi connectivity index (χ2v) is 8.04. The first-order valence-electron chi connectivity index (χ1n) is 9.87. The molecule has 0 spiro atoms. The summed E-state index contributed by atoms with van der Waals surface area (Å²) in [5.74, 6) is -0.607. The highest BCUT2D eigenvalue weighted by Crippen LogP contribution is 2.32. The molecule has 1 fully saturated rings. The van der Waals surface area contributed by atoms with Gasteiger partial charge in [0.2, 0.25) is 0 Å². The van der Waals surface area contributed by atoms with Gasteiger partial charge in [-0.2, -0.15) is 13.2 Å². The topological polar surface area (TPSA) is 41.4 Å². The highest BCUT2D eigenvalue weighted by Gasteiger charge is 2.31. The lowest BCUT2D eigenvalue weighted by molar-refractivity contribution is -0.137. The van der Waals surface area contributed by atoms with Crippen molar-refractivity contribution in [2.24, 2.45) is 0 Å². The molecule has 0 bridgehead atoms. The van der Waals surface area contributed by atoms with Gasteiger partial charge in [-0.3, -0.25) is 9.36 Å². The molecule has 10 heteroatoms. The minimum atomic E-state index is -4.40. The van der Waals surface area contributed by atoms with E-state index in [1.54, 1.807) is 27.7 Å². The minimum Gasteiger partial charge on any atom is -0.368 e. The van der Waals surface area contributed by atoms with E-state index in [9.17, 15) is 22.4 Å². The molecule has 0 aliphatic carbocycles. The molecule has 168 valence electrons. The van der Waals surface area contributed by atoms with Crippen LogP contribution in [-0.2, 0) is 6.18 Å². The van der Waals surface area contributed by atoms with E-state index in [2.05, 4.69) is 4.98 Å². The number of benzene rings is 2. The number of hydrogen-bond acceptors (Lipinski definition) is 4. The average Bonchev–Trinajstić information content (AvgIpc) is 3.23. The van der Waals surface area contributed by atoms with E-state index in [-0.39, 0.29) is 11.7 Å². The maximum Gasteiger partial charge on any atom is 0.416 e. The number of thioether (sulfide) groups is 1. The Morgan fingerprint density at radius 2 is 1.69 bits per heavy atom. The predicted molar refractivity (Wildman–Crippen MR) is 115 cm³/mol. The van der Waals surface area contributed by atoms with Crippen LogP contribution in [0.15, 0.2) is 59.9 Å². The van der Waals surface area contributed by atoms with Crippen LogP contribution in [0.4, 0.5) is 23.2 Å². The molecular weight excluding hydrogens is 444 g/mol. The molecular formula is C22H20F4N4OS. The van der Waals surface area contributed by atoms with Crippen molar-refractivity contribution >= 4 is 23.4 Å². The Morgan fingerprint density at radius 3 is 2.31 bits per heavy atom. The number of alkyl halides is 3. The molecule has 1 aliphatic rings. The third-order valence-electron chi connectivity index (χ3n) is 5.32. The molecule has 1 amide bonds. The Bertz CT molecular complexity index is 1110. The Morgan fingerprint density at radius 1 is 1.00 bits per heavy atom. The normalized spacial score (nSPS) is 14.7. The Labute approximate surface area is 186 Å². The number of anilines is 1. The second-order valence-electron chi connectivity index (χ2n) is 7.27. The summed E-state index contributed by atoms with van der Waals surface area (Å²) in [5.41, 5.74) is 0.766. The van der Waals surface area contributed by atoms with Gasteiger partial charge in [0.05, 0.1) is 11.8 Å². The van der Waals surface area contributed by atoms with Crippen molar-refractivity contribution in [2.45, 2.75) is 11.3 Å². The van der Waals surface area contributed by atoms with Crippen LogP contribution in [0.2, 0.25) is 0 Å². The molecule has 0 saturated carbocycles. The molecule has 0 N–H and O–H groups in total. The third kappa shape index (κ3) is 4.45. The quantitative estimate of drug-likeness (QED) is 0.414. The number of carbonyl (C=O) groups excluding carboxylic acids is 1. The van der Waals surface area contributed by atoms with Gasteiger partial charge in [-0.15, -0.1) is 0 Å². The van der Waals surface area contributed by atoms with Gasteiger partial charge < -0.3 is 9.80 Å². The average molecular weight is 464 g/mol. The van der Waals surface area contributed by atoms with Crippen molar-refractivity contribution in [1.29, 1.82) is 0 Å². The number of imidazole rings is 1. The van der Waals surface area contributed by atoms with Crippen molar-refractivity contribution in [3.05, 3.63) is 71.8 Å². The molecule has 0 atom stereocenters. The van der Waals surface area contributed by atoms with Gasteiger partial charge in [0.25, 0.3) is 5.91 Å². The van der Waals surface area contributed by atoms with E-state index >= 15 is 0 Å². The molecule has 4 rings (SSSR count). The lowest BCUT2D eigenvalue weighted by Gasteiger charge is -2.36. The van der Waals surface area contributed by atoms with Crippen LogP contribution in [0, 0.1) is 5.82 Å². The standard InChI is InChI=1S/C22H20F4N4OS/c1-32-21-27-14-19(30(21)17-7-5-16(23)6-8-17)20(31)29-11-9-28(10-12-29)18-4-2-3-15(13-18)22(24,25)26/h2-8,13-14H,9-12H2,1H3. The van der Waals surface area contributed by atoms with Crippen LogP contribution >= 0.6 is 11.8 Å². The molecule has 0 radical (unpaired) electrons. The first kappa shape index (κ1) is 22.2. The second kappa shape index (κ2) is 8.85. The Kier molecular flexibility index (Phi) is 6.14. The molecule has 3 aromatic rings. The fourth-order valence-electron chi connectivity index (χ4n) is 3.68. The number of halogens is 4. The van der Waals surface area contributed by atoms with Gasteiger partial charge in [0.15, 0.2) is 5.16 Å². The van der Waals surface area contributed by atoms with Crippen LogP contribution in [0.25, 0.3) is 5.69 Å². The zero-order chi connectivity index (χ0) is 22.9. The summed E-state index contributed by atoms with van der Waals surface area (Å²) in [6.45, 7) is 1.54. The van der Waals surface area contributed by atoms with Gasteiger partial charge >= 0.3 is 6.18 Å². The number of carbonyl (C=O) groups is 1. The summed E-state index contributed by atoms with van der Waals surface area (Å²) in [6.07, 6.45) is -1.07. The molecule has 2 aromatic carbocycles. The number of nitrogens with zero attached hydrogens (tertiary/aromatic N) is 4. The summed E-state index contributed by atoms with van der Waals surface area (Å²) in [7, 11) is 0. The number of amides is 1. The number of piperazine rings is 1. The van der Waals surface area contributed by atoms with E-state index in [1.807, 2.05) is 11.2 Å². The van der Waals surface area contributed by atoms with Crippen molar-refractivity contribution in [1.82, 2.24) is 14.5 Å². The van der Waals surface area contributed by atoms with Gasteiger partial charge in [0, 0.05) is 37.6 Å². The molecule has 1 aliphatic heterocycles. The maximum absolute atomic E-state index is 13.4. The van der Waals surface area contributed by atoms with Crippen LogP contribution in [0.1, 0.15) is 16.1 Å². The zero-order valence-electron chi connectivity index (χ0n) is 17.1. The molecule has 0 unspecified atom stereocenters. The SMILES string of the molecule is CSc1ncc(C(=O)N2CCN(c3cccc(C(F)(F)F)c3)CC2)n1-c1ccc(F)cc1. The Balaban J connectivity index is 1.51. The van der Waals surface area contributed by atoms with Gasteiger partial charge in [-0.25, -0.2) is 9.37 Å². The first-order chi connectivity index (χ1) is 15.3. The van der Waals surface area contributed by atoms with Gasteiger partial charge in [-0.1, -0.05) is 17.8 Å². The van der Waals surface area contributed by atoms with Crippen molar-refractivity contribution in [3.63, 3.8) is 0 Å². The van der Waals surface area contributed by atoms with E-state index < -0.39 is 11.7 Å². The maximum atomic E-state index is 13.4. The highest BCUT2D eigenvalue weighted by atomic mass is 32.2. The highest BCUT2D eigenvalue weighted by molar-refractivity contribution is 7.98. The monoisotopic (exact) mass is 464 g/mol. The van der Waals surface area contributed by atoms with Crippen molar-refractivity contribution in [2.75, 3.05) is 37.3 Å². The number of hydrogen-bond donors (Lipinski definition) is 0. The zero-order valence-corrected chi connectivity index (χ0v) is 18.0. The fourth-order valence-corrected chi connectivity index (χ4v) is 4.22. The van der Waals surface area contributed by atoms with Crippen molar-refractivity contribution in [3.8, 4) is 5.69 Å². The Hall–Kier alpha value is -3.01. The minimum absolute atomic E-state index is 0.231. The summed E-state index contributed by atoms with van der Waals surface area (Å²) in [4.78, 5) is 21.0. The summed E-state index contributed by atoms with van der Waals surface area (Å²) in [5, 5.41) is 0.600. The van der Waals surface area contributed by atoms with Crippen LogP contribution in [0.3, 0.4) is 0 Å².